The minimum Gasteiger partial charge on any atom is -0.350 e. The number of anilines is 1. The molecule has 8 heteroatoms. The maximum atomic E-state index is 13.1. The molecule has 2 aliphatic rings. The van der Waals surface area contributed by atoms with E-state index in [0.29, 0.717) is 37.7 Å². The summed E-state index contributed by atoms with van der Waals surface area (Å²) >= 11 is 0. The standard InChI is InChI=1S/C24H29N3O4S/c1-18-11-13-26(14-12-18)32(30,31)21-8-9-22-20(15-21)7-10-24(29)27(22)17-23(28)25-16-19-5-3-2-4-6-19/h2-6,8-9,15,18H,7,10-14,16-17H2,1H3,(H,25,28). The van der Waals surface area contributed by atoms with Gasteiger partial charge in [-0.3, -0.25) is 9.59 Å². The number of hydrogen-bond acceptors (Lipinski definition) is 4. The molecular weight excluding hydrogens is 426 g/mol. The summed E-state index contributed by atoms with van der Waals surface area (Å²) < 4.78 is 27.8. The van der Waals surface area contributed by atoms with E-state index in [1.54, 1.807) is 22.5 Å². The normalized spacial score (nSPS) is 17.8. The van der Waals surface area contributed by atoms with E-state index in [-0.39, 0.29) is 29.7 Å². The third kappa shape index (κ3) is 4.86. The molecule has 2 aromatic rings. The maximum absolute atomic E-state index is 13.1. The zero-order chi connectivity index (χ0) is 22.7. The van der Waals surface area contributed by atoms with Crippen LogP contribution in [-0.2, 0) is 32.6 Å². The lowest BCUT2D eigenvalue weighted by atomic mass is 10.0. The number of nitrogens with one attached hydrogen (secondary N) is 1. The first-order valence-electron chi connectivity index (χ1n) is 11.1. The Morgan fingerprint density at radius 2 is 1.78 bits per heavy atom. The van der Waals surface area contributed by atoms with Gasteiger partial charge in [-0.1, -0.05) is 37.3 Å². The molecule has 1 fully saturated rings. The predicted molar refractivity (Wildman–Crippen MR) is 123 cm³/mol. The average Bonchev–Trinajstić information content (AvgIpc) is 2.80. The maximum Gasteiger partial charge on any atom is 0.243 e. The van der Waals surface area contributed by atoms with Crippen molar-refractivity contribution in [3.8, 4) is 0 Å². The largest absolute Gasteiger partial charge is 0.350 e. The highest BCUT2D eigenvalue weighted by molar-refractivity contribution is 7.89. The van der Waals surface area contributed by atoms with Crippen molar-refractivity contribution >= 4 is 27.5 Å². The van der Waals surface area contributed by atoms with Gasteiger partial charge in [-0.2, -0.15) is 4.31 Å². The Morgan fingerprint density at radius 3 is 2.50 bits per heavy atom. The van der Waals surface area contributed by atoms with Crippen LogP contribution in [0.3, 0.4) is 0 Å². The molecule has 2 aromatic carbocycles. The number of fused-ring (bicyclic) bond motifs is 1. The number of hydrogen-bond donors (Lipinski definition) is 1. The monoisotopic (exact) mass is 455 g/mol. The lowest BCUT2D eigenvalue weighted by Gasteiger charge is -2.31. The van der Waals surface area contributed by atoms with Gasteiger partial charge in [-0.05, 0) is 54.5 Å². The van der Waals surface area contributed by atoms with Gasteiger partial charge in [-0.15, -0.1) is 0 Å². The number of carbonyl (C=O) groups is 2. The van der Waals surface area contributed by atoms with Crippen molar-refractivity contribution in [2.24, 2.45) is 5.92 Å². The summed E-state index contributed by atoms with van der Waals surface area (Å²) in [6.45, 7) is 3.51. The van der Waals surface area contributed by atoms with Crippen LogP contribution < -0.4 is 10.2 Å². The van der Waals surface area contributed by atoms with E-state index < -0.39 is 10.0 Å². The van der Waals surface area contributed by atoms with Crippen molar-refractivity contribution in [2.75, 3.05) is 24.5 Å². The van der Waals surface area contributed by atoms with Crippen LogP contribution in [0.2, 0.25) is 0 Å². The van der Waals surface area contributed by atoms with Crippen LogP contribution in [0.4, 0.5) is 5.69 Å². The van der Waals surface area contributed by atoms with Crippen LogP contribution in [0.1, 0.15) is 37.3 Å². The summed E-state index contributed by atoms with van der Waals surface area (Å²) in [5.41, 5.74) is 2.38. The van der Waals surface area contributed by atoms with Gasteiger partial charge in [0.05, 0.1) is 4.90 Å². The molecule has 2 aliphatic heterocycles. The molecule has 32 heavy (non-hydrogen) atoms. The second-order valence-corrected chi connectivity index (χ2v) is 10.6. The number of rotatable bonds is 6. The van der Waals surface area contributed by atoms with Gasteiger partial charge in [0.1, 0.15) is 6.54 Å². The zero-order valence-electron chi connectivity index (χ0n) is 18.3. The Balaban J connectivity index is 1.48. The number of benzene rings is 2. The summed E-state index contributed by atoms with van der Waals surface area (Å²) in [4.78, 5) is 26.8. The molecule has 0 spiro atoms. The molecule has 0 atom stereocenters. The molecule has 7 nitrogen and oxygen atoms in total. The number of sulfonamides is 1. The fourth-order valence-electron chi connectivity index (χ4n) is 4.24. The van der Waals surface area contributed by atoms with E-state index in [1.165, 1.54) is 4.90 Å². The van der Waals surface area contributed by atoms with Crippen molar-refractivity contribution < 1.29 is 18.0 Å². The van der Waals surface area contributed by atoms with Crippen molar-refractivity contribution in [3.05, 3.63) is 59.7 Å². The van der Waals surface area contributed by atoms with Crippen molar-refractivity contribution in [3.63, 3.8) is 0 Å². The Labute approximate surface area is 189 Å². The summed E-state index contributed by atoms with van der Waals surface area (Å²) in [5.74, 6) is 0.153. The third-order valence-corrected chi connectivity index (χ3v) is 8.16. The van der Waals surface area contributed by atoms with Crippen LogP contribution in [0.15, 0.2) is 53.4 Å². The molecule has 0 saturated carbocycles. The van der Waals surface area contributed by atoms with Crippen molar-refractivity contribution in [1.82, 2.24) is 9.62 Å². The topological polar surface area (TPSA) is 86.8 Å². The van der Waals surface area contributed by atoms with E-state index in [9.17, 15) is 18.0 Å². The van der Waals surface area contributed by atoms with Crippen LogP contribution in [0, 0.1) is 5.92 Å². The minimum absolute atomic E-state index is 0.0885. The first-order valence-corrected chi connectivity index (χ1v) is 12.5. The summed E-state index contributed by atoms with van der Waals surface area (Å²) in [6.07, 6.45) is 2.45. The molecule has 0 unspecified atom stereocenters. The SMILES string of the molecule is CC1CCN(S(=O)(=O)c2ccc3c(c2)CCC(=O)N3CC(=O)NCc2ccccc2)CC1. The van der Waals surface area contributed by atoms with Gasteiger partial charge in [0.2, 0.25) is 21.8 Å². The molecule has 0 aliphatic carbocycles. The number of amides is 2. The number of piperidine rings is 1. The van der Waals surface area contributed by atoms with E-state index >= 15 is 0 Å². The molecule has 0 radical (unpaired) electrons. The van der Waals surface area contributed by atoms with Gasteiger partial charge in [0.25, 0.3) is 0 Å². The molecule has 1 saturated heterocycles. The second kappa shape index (κ2) is 9.42. The minimum atomic E-state index is -3.56. The number of carbonyl (C=O) groups excluding carboxylic acids is 2. The van der Waals surface area contributed by atoms with Gasteiger partial charge >= 0.3 is 0 Å². The van der Waals surface area contributed by atoms with Gasteiger partial charge in [0.15, 0.2) is 0 Å². The van der Waals surface area contributed by atoms with Gasteiger partial charge < -0.3 is 10.2 Å². The molecule has 2 heterocycles. The highest BCUT2D eigenvalue weighted by atomic mass is 32.2. The van der Waals surface area contributed by atoms with E-state index in [4.69, 9.17) is 0 Å². The first-order chi connectivity index (χ1) is 15.3. The Morgan fingerprint density at radius 1 is 1.06 bits per heavy atom. The van der Waals surface area contributed by atoms with Crippen LogP contribution in [-0.4, -0.2) is 44.2 Å². The molecule has 2 amide bonds. The fourth-order valence-corrected chi connectivity index (χ4v) is 5.76. The Bertz CT molecular complexity index is 1090. The summed E-state index contributed by atoms with van der Waals surface area (Å²) in [5, 5.41) is 2.84. The van der Waals surface area contributed by atoms with Crippen LogP contribution >= 0.6 is 0 Å². The molecule has 1 N–H and O–H groups in total. The van der Waals surface area contributed by atoms with Gasteiger partial charge in [0, 0.05) is 31.7 Å². The fraction of sp³-hybridized carbons (Fsp3) is 0.417. The van der Waals surface area contributed by atoms with Gasteiger partial charge in [-0.25, -0.2) is 8.42 Å². The average molecular weight is 456 g/mol. The molecule has 0 bridgehead atoms. The quantitative estimate of drug-likeness (QED) is 0.726. The molecule has 170 valence electrons. The van der Waals surface area contributed by atoms with E-state index in [0.717, 1.165) is 24.0 Å². The van der Waals surface area contributed by atoms with E-state index in [1.807, 2.05) is 30.3 Å². The van der Waals surface area contributed by atoms with Crippen molar-refractivity contribution in [2.45, 2.75) is 44.0 Å². The molecule has 4 rings (SSSR count). The van der Waals surface area contributed by atoms with Crippen LogP contribution in [0.25, 0.3) is 0 Å². The predicted octanol–water partition coefficient (Wildman–Crippen LogP) is 2.70. The highest BCUT2D eigenvalue weighted by Gasteiger charge is 2.31. The molecular formula is C24H29N3O4S. The second-order valence-electron chi connectivity index (χ2n) is 8.62. The lowest BCUT2D eigenvalue weighted by molar-refractivity contribution is -0.124. The smallest absolute Gasteiger partial charge is 0.243 e. The van der Waals surface area contributed by atoms with Crippen LogP contribution in [0.5, 0.6) is 0 Å². The highest BCUT2D eigenvalue weighted by Crippen LogP contribution is 2.32. The third-order valence-electron chi connectivity index (χ3n) is 6.27. The number of aryl methyl sites for hydroxylation is 1. The number of nitrogens with zero attached hydrogens (tertiary/aromatic N) is 2. The Hall–Kier alpha value is -2.71. The molecule has 0 aromatic heterocycles. The first kappa shape index (κ1) is 22.5. The van der Waals surface area contributed by atoms with Crippen molar-refractivity contribution in [1.29, 1.82) is 0 Å². The summed E-state index contributed by atoms with van der Waals surface area (Å²) in [7, 11) is -3.56. The lowest BCUT2D eigenvalue weighted by Crippen LogP contribution is -2.43. The summed E-state index contributed by atoms with van der Waals surface area (Å²) in [6, 6.07) is 14.5. The Kier molecular flexibility index (Phi) is 6.62. The van der Waals surface area contributed by atoms with E-state index in [2.05, 4.69) is 12.2 Å². The zero-order valence-corrected chi connectivity index (χ0v) is 19.1.